The van der Waals surface area contributed by atoms with Crippen LogP contribution in [0.3, 0.4) is 0 Å². The standard InChI is InChI=1S/C22H22N4O4/c1-14-3-8-17(30-14)19(27)25-11-9-22(13-25)10-12-26-20(28)18(23-24-21(22)26)15-4-6-16(29-2)7-5-15/h3-8H,9-13H2,1-2H3. The van der Waals surface area contributed by atoms with Gasteiger partial charge in [-0.1, -0.05) is 0 Å². The number of hydrogen-bond donors (Lipinski definition) is 0. The van der Waals surface area contributed by atoms with Crippen molar-refractivity contribution in [2.75, 3.05) is 20.2 Å². The molecule has 1 fully saturated rings. The number of hydrogen-bond acceptors (Lipinski definition) is 6. The summed E-state index contributed by atoms with van der Waals surface area (Å²) in [4.78, 5) is 27.7. The Morgan fingerprint density at radius 1 is 1.10 bits per heavy atom. The van der Waals surface area contributed by atoms with Crippen molar-refractivity contribution in [1.29, 1.82) is 0 Å². The molecule has 0 bridgehead atoms. The minimum atomic E-state index is -0.331. The third-order valence-electron chi connectivity index (χ3n) is 6.19. The normalized spacial score (nSPS) is 20.0. The van der Waals surface area contributed by atoms with E-state index < -0.39 is 0 Å². The molecule has 154 valence electrons. The molecule has 4 heterocycles. The van der Waals surface area contributed by atoms with E-state index in [0.29, 0.717) is 48.2 Å². The maximum absolute atomic E-state index is 13.1. The summed E-state index contributed by atoms with van der Waals surface area (Å²) in [5.74, 6) is 2.33. The molecule has 5 rings (SSSR count). The van der Waals surface area contributed by atoms with Crippen LogP contribution in [0.2, 0.25) is 0 Å². The van der Waals surface area contributed by atoms with Gasteiger partial charge in [-0.25, -0.2) is 0 Å². The first-order chi connectivity index (χ1) is 14.5. The molecular formula is C22H22N4O4. The lowest BCUT2D eigenvalue weighted by Crippen LogP contribution is -2.35. The first kappa shape index (κ1) is 18.6. The fourth-order valence-corrected chi connectivity index (χ4v) is 4.52. The number of aromatic nitrogens is 3. The Hall–Kier alpha value is -3.42. The molecule has 1 aromatic carbocycles. The van der Waals surface area contributed by atoms with Crippen molar-refractivity contribution in [3.63, 3.8) is 0 Å². The van der Waals surface area contributed by atoms with Crippen LogP contribution in [0.4, 0.5) is 0 Å². The van der Waals surface area contributed by atoms with Crippen LogP contribution >= 0.6 is 0 Å². The van der Waals surface area contributed by atoms with Gasteiger partial charge in [0.25, 0.3) is 11.5 Å². The Bertz CT molecular complexity index is 1180. The highest BCUT2D eigenvalue weighted by Crippen LogP contribution is 2.41. The minimum Gasteiger partial charge on any atom is -0.497 e. The van der Waals surface area contributed by atoms with Gasteiger partial charge >= 0.3 is 0 Å². The Morgan fingerprint density at radius 3 is 2.57 bits per heavy atom. The summed E-state index contributed by atoms with van der Waals surface area (Å²) in [6.07, 6.45) is 1.53. The van der Waals surface area contributed by atoms with Crippen molar-refractivity contribution in [3.05, 3.63) is 64.1 Å². The molecule has 2 aliphatic heterocycles. The number of furan rings is 1. The van der Waals surface area contributed by atoms with Crippen LogP contribution in [0.15, 0.2) is 45.6 Å². The van der Waals surface area contributed by atoms with E-state index in [-0.39, 0.29) is 16.9 Å². The minimum absolute atomic E-state index is 0.122. The van der Waals surface area contributed by atoms with E-state index in [1.54, 1.807) is 40.8 Å². The summed E-state index contributed by atoms with van der Waals surface area (Å²) >= 11 is 0. The molecular weight excluding hydrogens is 384 g/mol. The molecule has 0 N–H and O–H groups in total. The highest BCUT2D eigenvalue weighted by molar-refractivity contribution is 5.91. The molecule has 0 saturated carbocycles. The second-order valence-corrected chi connectivity index (χ2v) is 7.97. The van der Waals surface area contributed by atoms with Crippen molar-refractivity contribution in [2.24, 2.45) is 0 Å². The molecule has 1 saturated heterocycles. The van der Waals surface area contributed by atoms with E-state index in [9.17, 15) is 9.59 Å². The van der Waals surface area contributed by atoms with E-state index in [0.717, 1.165) is 18.6 Å². The molecule has 30 heavy (non-hydrogen) atoms. The molecule has 1 amide bonds. The van der Waals surface area contributed by atoms with Gasteiger partial charge in [0.15, 0.2) is 11.5 Å². The number of rotatable bonds is 3. The van der Waals surface area contributed by atoms with Gasteiger partial charge < -0.3 is 14.1 Å². The molecule has 8 heteroatoms. The van der Waals surface area contributed by atoms with Crippen molar-refractivity contribution in [1.82, 2.24) is 19.7 Å². The highest BCUT2D eigenvalue weighted by Gasteiger charge is 2.48. The number of amides is 1. The number of carbonyl (C=O) groups excluding carboxylic acids is 1. The van der Waals surface area contributed by atoms with E-state index in [1.807, 2.05) is 19.1 Å². The molecule has 1 spiro atoms. The van der Waals surface area contributed by atoms with Crippen LogP contribution in [0.25, 0.3) is 11.3 Å². The molecule has 8 nitrogen and oxygen atoms in total. The van der Waals surface area contributed by atoms with Gasteiger partial charge in [0, 0.05) is 25.2 Å². The molecule has 1 unspecified atom stereocenters. The van der Waals surface area contributed by atoms with Crippen molar-refractivity contribution in [3.8, 4) is 17.0 Å². The Morgan fingerprint density at radius 2 is 1.87 bits per heavy atom. The van der Waals surface area contributed by atoms with E-state index in [2.05, 4.69) is 10.2 Å². The number of likely N-dealkylation sites (tertiary alicyclic amines) is 1. The Kier molecular flexibility index (Phi) is 4.23. The average molecular weight is 406 g/mol. The third kappa shape index (κ3) is 2.82. The first-order valence-corrected chi connectivity index (χ1v) is 9.99. The van der Waals surface area contributed by atoms with Crippen LogP contribution in [-0.2, 0) is 12.0 Å². The fourth-order valence-electron chi connectivity index (χ4n) is 4.52. The monoisotopic (exact) mass is 406 g/mol. The number of methoxy groups -OCH3 is 1. The zero-order chi connectivity index (χ0) is 20.9. The number of benzene rings is 1. The predicted molar refractivity (Wildman–Crippen MR) is 109 cm³/mol. The molecule has 3 aromatic rings. The van der Waals surface area contributed by atoms with E-state index in [1.165, 1.54) is 0 Å². The van der Waals surface area contributed by atoms with Gasteiger partial charge in [0.05, 0.1) is 12.5 Å². The quantitative estimate of drug-likeness (QED) is 0.663. The Labute approximate surface area is 173 Å². The van der Waals surface area contributed by atoms with Crippen LogP contribution in [0, 0.1) is 6.92 Å². The molecule has 1 atom stereocenters. The lowest BCUT2D eigenvalue weighted by Gasteiger charge is -2.22. The topological polar surface area (TPSA) is 90.5 Å². The SMILES string of the molecule is COc1ccc(-c2nnc3n(c2=O)CCC32CCN(C(=O)c3ccc(C)o3)C2)cc1. The third-order valence-corrected chi connectivity index (χ3v) is 6.19. The number of ether oxygens (including phenoxy) is 1. The van der Waals surface area contributed by atoms with E-state index >= 15 is 0 Å². The largest absolute Gasteiger partial charge is 0.497 e. The second kappa shape index (κ2) is 6.83. The number of fused-ring (bicyclic) bond motifs is 2. The van der Waals surface area contributed by atoms with Gasteiger partial charge in [0.1, 0.15) is 17.3 Å². The summed E-state index contributed by atoms with van der Waals surface area (Å²) in [5.41, 5.74) is 0.562. The van der Waals surface area contributed by atoms with Crippen LogP contribution in [-0.4, -0.2) is 45.8 Å². The fraction of sp³-hybridized carbons (Fsp3) is 0.364. The van der Waals surface area contributed by atoms with E-state index in [4.69, 9.17) is 9.15 Å². The number of carbonyl (C=O) groups is 1. The summed E-state index contributed by atoms with van der Waals surface area (Å²) in [6.45, 7) is 3.52. The van der Waals surface area contributed by atoms with Gasteiger partial charge in [-0.3, -0.25) is 14.2 Å². The molecule has 2 aromatic heterocycles. The molecule has 0 radical (unpaired) electrons. The lowest BCUT2D eigenvalue weighted by atomic mass is 9.85. The molecule has 0 aliphatic carbocycles. The zero-order valence-electron chi connectivity index (χ0n) is 16.9. The van der Waals surface area contributed by atoms with Crippen LogP contribution < -0.4 is 10.3 Å². The second-order valence-electron chi connectivity index (χ2n) is 7.97. The zero-order valence-corrected chi connectivity index (χ0v) is 16.9. The summed E-state index contributed by atoms with van der Waals surface area (Å²) < 4.78 is 12.4. The number of aryl methyl sites for hydroxylation is 1. The lowest BCUT2D eigenvalue weighted by molar-refractivity contribution is 0.0750. The van der Waals surface area contributed by atoms with Crippen molar-refractivity contribution in [2.45, 2.75) is 31.7 Å². The predicted octanol–water partition coefficient (Wildman–Crippen LogP) is 2.40. The van der Waals surface area contributed by atoms with Crippen molar-refractivity contribution < 1.29 is 13.9 Å². The highest BCUT2D eigenvalue weighted by atomic mass is 16.5. The maximum Gasteiger partial charge on any atom is 0.289 e. The van der Waals surface area contributed by atoms with Crippen LogP contribution in [0.5, 0.6) is 5.75 Å². The van der Waals surface area contributed by atoms with Crippen LogP contribution in [0.1, 0.15) is 35.0 Å². The first-order valence-electron chi connectivity index (χ1n) is 9.99. The summed E-state index contributed by atoms with van der Waals surface area (Å²) in [7, 11) is 1.60. The smallest absolute Gasteiger partial charge is 0.289 e. The van der Waals surface area contributed by atoms with Gasteiger partial charge in [-0.15, -0.1) is 10.2 Å². The van der Waals surface area contributed by atoms with Crippen molar-refractivity contribution >= 4 is 5.91 Å². The summed E-state index contributed by atoms with van der Waals surface area (Å²) in [6, 6.07) is 10.7. The van der Waals surface area contributed by atoms with Gasteiger partial charge in [-0.05, 0) is 56.2 Å². The number of nitrogens with zero attached hydrogens (tertiary/aromatic N) is 4. The Balaban J connectivity index is 1.44. The van der Waals surface area contributed by atoms with Gasteiger partial charge in [0.2, 0.25) is 0 Å². The average Bonchev–Trinajstić information content (AvgIpc) is 3.48. The summed E-state index contributed by atoms with van der Waals surface area (Å²) in [5, 5.41) is 8.75. The molecule has 2 aliphatic rings. The van der Waals surface area contributed by atoms with Gasteiger partial charge in [-0.2, -0.15) is 0 Å². The maximum atomic E-state index is 13.1.